The van der Waals surface area contributed by atoms with Crippen molar-refractivity contribution in [1.29, 1.82) is 0 Å². The van der Waals surface area contributed by atoms with E-state index in [1.807, 2.05) is 6.07 Å². The minimum Gasteiger partial charge on any atom is -0.465 e. The number of rotatable bonds is 8. The van der Waals surface area contributed by atoms with Gasteiger partial charge in [-0.1, -0.05) is 37.3 Å². The van der Waals surface area contributed by atoms with Crippen molar-refractivity contribution in [2.75, 3.05) is 31.6 Å². The number of hydrogen-bond acceptors (Lipinski definition) is 4. The van der Waals surface area contributed by atoms with Crippen molar-refractivity contribution in [3.63, 3.8) is 0 Å². The minimum absolute atomic E-state index is 0.327. The van der Waals surface area contributed by atoms with Crippen molar-refractivity contribution >= 4 is 22.9 Å². The van der Waals surface area contributed by atoms with Crippen molar-refractivity contribution in [3.05, 3.63) is 65.2 Å². The maximum Gasteiger partial charge on any atom is 0.337 e. The molecule has 1 saturated heterocycles. The number of ether oxygens (including phenoxy) is 1. The van der Waals surface area contributed by atoms with Crippen LogP contribution >= 0.6 is 0 Å². The van der Waals surface area contributed by atoms with Gasteiger partial charge in [0.2, 0.25) is 11.3 Å². The van der Waals surface area contributed by atoms with Crippen molar-refractivity contribution in [1.82, 2.24) is 4.31 Å². The van der Waals surface area contributed by atoms with Crippen LogP contribution in [0.3, 0.4) is 0 Å². The van der Waals surface area contributed by atoms with E-state index >= 15 is 0 Å². The molecule has 3 rings (SSSR count). The highest BCUT2D eigenvalue weighted by atomic mass is 32.2. The summed E-state index contributed by atoms with van der Waals surface area (Å²) in [6.45, 7) is 5.20. The van der Waals surface area contributed by atoms with Gasteiger partial charge in [-0.05, 0) is 54.5 Å². The quantitative estimate of drug-likeness (QED) is 0.508. The summed E-state index contributed by atoms with van der Waals surface area (Å²) < 4.78 is 28.0. The number of methoxy groups -OCH3 is 1. The van der Waals surface area contributed by atoms with E-state index in [0.29, 0.717) is 25.1 Å². The summed E-state index contributed by atoms with van der Waals surface area (Å²) in [4.78, 5) is 14.0. The molecule has 0 aliphatic carbocycles. The first-order valence-electron chi connectivity index (χ1n) is 10.3. The van der Waals surface area contributed by atoms with E-state index in [9.17, 15) is 13.6 Å². The summed E-state index contributed by atoms with van der Waals surface area (Å²) >= 11 is -2.08. The standard InChI is InChI=1S/C23H30N2O4S/c1-18-11-14-24(15-12-18)22-6-4-3-5-20(22)13-16-25(30(27)28)17-19-7-9-21(10-8-19)23(26)29-2/h3-10,18H,11-17H2,1-2H3,(H,27,28). The van der Waals surface area contributed by atoms with Gasteiger partial charge in [-0.15, -0.1) is 0 Å². The molecule has 2 aromatic carbocycles. The number of anilines is 1. The summed E-state index contributed by atoms with van der Waals surface area (Å²) in [5, 5.41) is 0. The topological polar surface area (TPSA) is 70.1 Å². The van der Waals surface area contributed by atoms with Gasteiger partial charge in [0, 0.05) is 31.9 Å². The molecule has 1 aliphatic rings. The first kappa shape index (κ1) is 22.5. The van der Waals surface area contributed by atoms with Gasteiger partial charge in [0.05, 0.1) is 12.7 Å². The predicted octanol–water partition coefficient (Wildman–Crippen LogP) is 3.89. The second kappa shape index (κ2) is 10.7. The zero-order chi connectivity index (χ0) is 21.5. The molecule has 162 valence electrons. The highest BCUT2D eigenvalue weighted by Crippen LogP contribution is 2.27. The molecule has 1 N–H and O–H groups in total. The van der Waals surface area contributed by atoms with Crippen LogP contribution in [0.2, 0.25) is 0 Å². The fourth-order valence-corrected chi connectivity index (χ4v) is 4.31. The molecule has 0 spiro atoms. The highest BCUT2D eigenvalue weighted by Gasteiger charge is 2.19. The molecule has 1 aliphatic heterocycles. The smallest absolute Gasteiger partial charge is 0.337 e. The molecule has 30 heavy (non-hydrogen) atoms. The third-order valence-corrected chi connectivity index (χ3v) is 6.45. The van der Waals surface area contributed by atoms with Crippen molar-refractivity contribution in [2.45, 2.75) is 32.7 Å². The van der Waals surface area contributed by atoms with Crippen LogP contribution in [0.25, 0.3) is 0 Å². The molecule has 0 radical (unpaired) electrons. The molecule has 1 unspecified atom stereocenters. The lowest BCUT2D eigenvalue weighted by molar-refractivity contribution is 0.0600. The Kier molecular flexibility index (Phi) is 8.01. The van der Waals surface area contributed by atoms with Gasteiger partial charge in [0.15, 0.2) is 0 Å². The molecule has 2 aromatic rings. The second-order valence-electron chi connectivity index (χ2n) is 7.83. The fraction of sp³-hybridized carbons (Fsp3) is 0.435. The maximum atomic E-state index is 11.9. The number of esters is 1. The normalized spacial score (nSPS) is 15.9. The third-order valence-electron chi connectivity index (χ3n) is 5.70. The third kappa shape index (κ3) is 5.90. The van der Waals surface area contributed by atoms with Crippen LogP contribution in [-0.2, 0) is 29.0 Å². The molecule has 0 bridgehead atoms. The first-order chi connectivity index (χ1) is 14.5. The number of piperidine rings is 1. The van der Waals surface area contributed by atoms with Gasteiger partial charge < -0.3 is 9.64 Å². The molecule has 6 nitrogen and oxygen atoms in total. The van der Waals surface area contributed by atoms with Crippen molar-refractivity contribution < 1.29 is 18.3 Å². The summed E-state index contributed by atoms with van der Waals surface area (Å²) in [6.07, 6.45) is 3.08. The Bertz CT molecular complexity index is 864. The molecule has 0 amide bonds. The van der Waals surface area contributed by atoms with Crippen LogP contribution in [0.15, 0.2) is 48.5 Å². The Balaban J connectivity index is 1.65. The van der Waals surface area contributed by atoms with Crippen molar-refractivity contribution in [2.24, 2.45) is 5.92 Å². The molecule has 1 atom stereocenters. The van der Waals surface area contributed by atoms with Gasteiger partial charge in [0.1, 0.15) is 0 Å². The Morgan fingerprint density at radius 1 is 1.17 bits per heavy atom. The van der Waals surface area contributed by atoms with Crippen molar-refractivity contribution in [3.8, 4) is 0 Å². The molecule has 0 aromatic heterocycles. The predicted molar refractivity (Wildman–Crippen MR) is 120 cm³/mol. The lowest BCUT2D eigenvalue weighted by Gasteiger charge is -2.33. The van der Waals surface area contributed by atoms with Crippen LogP contribution < -0.4 is 4.90 Å². The van der Waals surface area contributed by atoms with Gasteiger partial charge in [0.25, 0.3) is 0 Å². The minimum atomic E-state index is -2.08. The number of hydrogen-bond donors (Lipinski definition) is 1. The van der Waals surface area contributed by atoms with E-state index in [1.165, 1.54) is 35.5 Å². The number of nitrogens with zero attached hydrogens (tertiary/aromatic N) is 2. The van der Waals surface area contributed by atoms with Gasteiger partial charge in [-0.2, -0.15) is 4.31 Å². The first-order valence-corrected chi connectivity index (χ1v) is 11.4. The average molecular weight is 431 g/mol. The van der Waals surface area contributed by atoms with Crippen LogP contribution in [0.4, 0.5) is 5.69 Å². The lowest BCUT2D eigenvalue weighted by Crippen LogP contribution is -2.34. The van der Waals surface area contributed by atoms with E-state index in [0.717, 1.165) is 24.6 Å². The maximum absolute atomic E-state index is 11.9. The van der Waals surface area contributed by atoms with Gasteiger partial charge in [-0.25, -0.2) is 9.00 Å². The number of benzene rings is 2. The van der Waals surface area contributed by atoms with Gasteiger partial charge in [-0.3, -0.25) is 4.55 Å². The average Bonchev–Trinajstić information content (AvgIpc) is 2.77. The molecule has 7 heteroatoms. The van der Waals surface area contributed by atoms with E-state index in [1.54, 1.807) is 24.3 Å². The fourth-order valence-electron chi connectivity index (χ4n) is 3.81. The number of carbonyl (C=O) groups excluding carboxylic acids is 1. The van der Waals surface area contributed by atoms with E-state index in [4.69, 9.17) is 4.74 Å². The summed E-state index contributed by atoms with van der Waals surface area (Å²) in [6, 6.07) is 15.3. The SMILES string of the molecule is COC(=O)c1ccc(CN(CCc2ccccc2N2CCC(C)CC2)S(=O)O)cc1. The van der Waals surface area contributed by atoms with E-state index in [2.05, 4.69) is 30.0 Å². The molecule has 1 fully saturated rings. The zero-order valence-electron chi connectivity index (χ0n) is 17.6. The number of para-hydroxylation sites is 1. The molecular formula is C23H30N2O4S. The zero-order valence-corrected chi connectivity index (χ0v) is 18.4. The van der Waals surface area contributed by atoms with Crippen LogP contribution in [0.5, 0.6) is 0 Å². The highest BCUT2D eigenvalue weighted by molar-refractivity contribution is 7.76. The molecular weight excluding hydrogens is 400 g/mol. The Hall–Kier alpha value is -2.22. The monoisotopic (exact) mass is 430 g/mol. The van der Waals surface area contributed by atoms with Gasteiger partial charge >= 0.3 is 5.97 Å². The second-order valence-corrected chi connectivity index (χ2v) is 8.81. The number of carbonyl (C=O) groups is 1. The molecule has 1 heterocycles. The summed E-state index contributed by atoms with van der Waals surface area (Å²) in [7, 11) is 1.34. The summed E-state index contributed by atoms with van der Waals surface area (Å²) in [5.41, 5.74) is 3.75. The Morgan fingerprint density at radius 3 is 2.47 bits per heavy atom. The Labute approximate surface area is 181 Å². The lowest BCUT2D eigenvalue weighted by atomic mass is 9.97. The molecule has 0 saturated carbocycles. The van der Waals surface area contributed by atoms with E-state index < -0.39 is 17.2 Å². The Morgan fingerprint density at radius 2 is 1.83 bits per heavy atom. The van der Waals surface area contributed by atoms with Crippen LogP contribution in [-0.4, -0.2) is 45.8 Å². The van der Waals surface area contributed by atoms with E-state index in [-0.39, 0.29) is 0 Å². The van der Waals surface area contributed by atoms with Crippen LogP contribution in [0, 0.1) is 5.92 Å². The largest absolute Gasteiger partial charge is 0.465 e. The van der Waals surface area contributed by atoms with Crippen LogP contribution in [0.1, 0.15) is 41.3 Å². The summed E-state index contributed by atoms with van der Waals surface area (Å²) in [5.74, 6) is 0.374.